The number of nitrogens with two attached hydrogens (primary N) is 1. The van der Waals surface area contributed by atoms with Gasteiger partial charge in [-0.05, 0) is 35.7 Å². The quantitative estimate of drug-likeness (QED) is 0.0914. The molecule has 2 aromatic carbocycles. The van der Waals surface area contributed by atoms with E-state index < -0.39 is 47.9 Å². The second-order valence-corrected chi connectivity index (χ2v) is 10.4. The molecular formula is C29H33N7O6S. The van der Waals surface area contributed by atoms with Crippen LogP contribution in [-0.4, -0.2) is 78.8 Å². The van der Waals surface area contributed by atoms with Crippen molar-refractivity contribution in [3.05, 3.63) is 84.1 Å². The van der Waals surface area contributed by atoms with Gasteiger partial charge in [0.25, 0.3) is 0 Å². The Hall–Kier alpha value is -4.82. The van der Waals surface area contributed by atoms with E-state index in [9.17, 15) is 29.4 Å². The van der Waals surface area contributed by atoms with Crippen LogP contribution in [0.2, 0.25) is 0 Å². The van der Waals surface area contributed by atoms with E-state index in [-0.39, 0.29) is 30.8 Å². The Morgan fingerprint density at radius 3 is 2.21 bits per heavy atom. The molecule has 0 bridgehead atoms. The number of nitrogens with one attached hydrogen (secondary N) is 5. The summed E-state index contributed by atoms with van der Waals surface area (Å²) in [6, 6.07) is 8.89. The van der Waals surface area contributed by atoms with Crippen LogP contribution in [0.5, 0.6) is 5.75 Å². The van der Waals surface area contributed by atoms with Crippen LogP contribution in [0, 0.1) is 0 Å². The third kappa shape index (κ3) is 8.36. The molecule has 2 aromatic heterocycles. The molecule has 226 valence electrons. The average Bonchev–Trinajstić information content (AvgIpc) is 3.66. The number of aromatic amines is 2. The topological polar surface area (TPSA) is 215 Å². The number of aliphatic carboxylic acids is 1. The number of amides is 3. The minimum Gasteiger partial charge on any atom is -0.508 e. The Labute approximate surface area is 252 Å². The maximum Gasteiger partial charge on any atom is 0.326 e. The number of hydrogen-bond acceptors (Lipinski definition) is 8. The van der Waals surface area contributed by atoms with Gasteiger partial charge >= 0.3 is 5.97 Å². The van der Waals surface area contributed by atoms with E-state index in [2.05, 4.69) is 43.5 Å². The number of benzene rings is 2. The molecule has 13 nitrogen and oxygen atoms in total. The van der Waals surface area contributed by atoms with Gasteiger partial charge < -0.3 is 41.9 Å². The molecule has 14 heteroatoms. The van der Waals surface area contributed by atoms with Gasteiger partial charge in [-0.1, -0.05) is 30.3 Å². The highest BCUT2D eigenvalue weighted by atomic mass is 32.1. The van der Waals surface area contributed by atoms with E-state index in [0.717, 1.165) is 16.5 Å². The van der Waals surface area contributed by atoms with Crippen LogP contribution in [0.1, 0.15) is 16.8 Å². The van der Waals surface area contributed by atoms with Gasteiger partial charge in [0, 0.05) is 47.6 Å². The van der Waals surface area contributed by atoms with Crippen molar-refractivity contribution in [2.45, 2.75) is 43.4 Å². The number of imidazole rings is 1. The number of para-hydroxylation sites is 1. The number of carbonyl (C=O) groups excluding carboxylic acids is 3. The smallest absolute Gasteiger partial charge is 0.326 e. The summed E-state index contributed by atoms with van der Waals surface area (Å²) in [5, 5.41) is 27.7. The zero-order chi connectivity index (χ0) is 30.9. The number of aromatic hydroxyl groups is 1. The van der Waals surface area contributed by atoms with Gasteiger partial charge in [0.1, 0.15) is 23.9 Å². The summed E-state index contributed by atoms with van der Waals surface area (Å²) < 4.78 is 0. The first kappa shape index (κ1) is 31.1. The predicted molar refractivity (Wildman–Crippen MR) is 161 cm³/mol. The van der Waals surface area contributed by atoms with Gasteiger partial charge in [-0.25, -0.2) is 9.78 Å². The standard InChI is InChI=1S/C29H33N7O6S/c30-21(10-17-12-32-22-4-2-1-3-20(17)22)26(38)34-23(11-18-13-31-15-33-18)27(39)36-25(14-43)28(40)35-24(29(41)42)9-16-5-7-19(37)8-6-16/h1-8,12-13,15,21,23-25,32,37,43H,9-11,14,30H2,(H,31,33)(H,34,38)(H,35,40)(H,36,39)(H,41,42). The zero-order valence-electron chi connectivity index (χ0n) is 23.0. The molecule has 43 heavy (non-hydrogen) atoms. The highest BCUT2D eigenvalue weighted by molar-refractivity contribution is 7.80. The Morgan fingerprint density at radius 1 is 0.860 bits per heavy atom. The molecular weight excluding hydrogens is 574 g/mol. The average molecular weight is 608 g/mol. The van der Waals surface area contributed by atoms with Crippen LogP contribution < -0.4 is 21.7 Å². The molecule has 0 aliphatic rings. The van der Waals surface area contributed by atoms with Gasteiger partial charge in [0.2, 0.25) is 17.7 Å². The highest BCUT2D eigenvalue weighted by Crippen LogP contribution is 2.19. The monoisotopic (exact) mass is 607 g/mol. The van der Waals surface area contributed by atoms with Gasteiger partial charge in [0.05, 0.1) is 12.4 Å². The third-order valence-electron chi connectivity index (χ3n) is 6.87. The molecule has 9 N–H and O–H groups in total. The lowest BCUT2D eigenvalue weighted by atomic mass is 10.0. The molecule has 0 saturated heterocycles. The highest BCUT2D eigenvalue weighted by Gasteiger charge is 2.30. The number of carboxylic acids is 1. The first-order chi connectivity index (χ1) is 20.6. The summed E-state index contributed by atoms with van der Waals surface area (Å²) in [6.45, 7) is 0. The van der Waals surface area contributed by atoms with Crippen molar-refractivity contribution in [2.24, 2.45) is 5.73 Å². The maximum atomic E-state index is 13.4. The normalized spacial score (nSPS) is 13.9. The number of phenols is 1. The predicted octanol–water partition coefficient (Wildman–Crippen LogP) is 0.421. The Kier molecular flexibility index (Phi) is 10.4. The van der Waals surface area contributed by atoms with Crippen molar-refractivity contribution >= 4 is 47.2 Å². The zero-order valence-corrected chi connectivity index (χ0v) is 23.9. The molecule has 2 heterocycles. The van der Waals surface area contributed by atoms with Crippen molar-refractivity contribution in [3.8, 4) is 5.75 Å². The van der Waals surface area contributed by atoms with Crippen LogP contribution >= 0.6 is 12.6 Å². The lowest BCUT2D eigenvalue weighted by molar-refractivity contribution is -0.142. The summed E-state index contributed by atoms with van der Waals surface area (Å²) in [6.07, 6.45) is 4.90. The van der Waals surface area contributed by atoms with E-state index in [1.807, 2.05) is 24.3 Å². The van der Waals surface area contributed by atoms with Crippen LogP contribution in [0.4, 0.5) is 0 Å². The van der Waals surface area contributed by atoms with Crippen LogP contribution in [0.15, 0.2) is 67.3 Å². The largest absolute Gasteiger partial charge is 0.508 e. The first-order valence-corrected chi connectivity index (χ1v) is 14.1. The summed E-state index contributed by atoms with van der Waals surface area (Å²) >= 11 is 4.18. The second kappa shape index (κ2) is 14.4. The molecule has 0 fully saturated rings. The number of nitrogens with zero attached hydrogens (tertiary/aromatic N) is 1. The fourth-order valence-electron chi connectivity index (χ4n) is 4.54. The summed E-state index contributed by atoms with van der Waals surface area (Å²) in [7, 11) is 0. The fourth-order valence-corrected chi connectivity index (χ4v) is 4.80. The third-order valence-corrected chi connectivity index (χ3v) is 7.23. The van der Waals surface area contributed by atoms with Gasteiger partial charge in [-0.2, -0.15) is 12.6 Å². The molecule has 4 rings (SSSR count). The van der Waals surface area contributed by atoms with Crippen molar-refractivity contribution in [2.75, 3.05) is 5.75 Å². The molecule has 3 amide bonds. The summed E-state index contributed by atoms with van der Waals surface area (Å²) in [5.74, 6) is -3.43. The van der Waals surface area contributed by atoms with E-state index in [4.69, 9.17) is 5.73 Å². The summed E-state index contributed by atoms with van der Waals surface area (Å²) in [5.41, 5.74) is 9.11. The lowest BCUT2D eigenvalue weighted by Crippen LogP contribution is -2.58. The number of hydrogen-bond donors (Lipinski definition) is 9. The number of H-pyrrole nitrogens is 2. The molecule has 4 unspecified atom stereocenters. The van der Waals surface area contributed by atoms with Crippen molar-refractivity contribution in [1.82, 2.24) is 30.9 Å². The maximum absolute atomic E-state index is 13.4. The number of thiol groups is 1. The Morgan fingerprint density at radius 2 is 1.53 bits per heavy atom. The number of rotatable bonds is 14. The first-order valence-electron chi connectivity index (χ1n) is 13.4. The summed E-state index contributed by atoms with van der Waals surface area (Å²) in [4.78, 5) is 61.3. The van der Waals surface area contributed by atoms with E-state index in [1.54, 1.807) is 18.3 Å². The number of carbonyl (C=O) groups is 4. The molecule has 0 saturated carbocycles. The minimum absolute atomic E-state index is 0.0215. The SMILES string of the molecule is NC(Cc1c[nH]c2ccccc12)C(=O)NC(Cc1cnc[nH]1)C(=O)NC(CS)C(=O)NC(Cc1ccc(O)cc1)C(=O)O. The van der Waals surface area contributed by atoms with E-state index in [0.29, 0.717) is 11.3 Å². The van der Waals surface area contributed by atoms with Gasteiger partial charge in [-0.3, -0.25) is 14.4 Å². The van der Waals surface area contributed by atoms with Gasteiger partial charge in [-0.15, -0.1) is 0 Å². The minimum atomic E-state index is -1.31. The van der Waals surface area contributed by atoms with Crippen molar-refractivity contribution in [3.63, 3.8) is 0 Å². The van der Waals surface area contributed by atoms with Gasteiger partial charge in [0.15, 0.2) is 0 Å². The molecule has 4 atom stereocenters. The molecule has 4 aromatic rings. The molecule has 0 aliphatic carbocycles. The van der Waals surface area contributed by atoms with Crippen LogP contribution in [-0.2, 0) is 38.4 Å². The Bertz CT molecular complexity index is 1560. The van der Waals surface area contributed by atoms with E-state index in [1.165, 1.54) is 24.7 Å². The Balaban J connectivity index is 1.42. The van der Waals surface area contributed by atoms with Crippen LogP contribution in [0.25, 0.3) is 10.9 Å². The van der Waals surface area contributed by atoms with E-state index >= 15 is 0 Å². The fraction of sp³-hybridized carbons (Fsp3) is 0.276. The molecule has 0 spiro atoms. The number of carboxylic acid groups (broad SMARTS) is 1. The van der Waals surface area contributed by atoms with Crippen LogP contribution in [0.3, 0.4) is 0 Å². The van der Waals surface area contributed by atoms with Crippen molar-refractivity contribution in [1.29, 1.82) is 0 Å². The number of fused-ring (bicyclic) bond motifs is 1. The lowest BCUT2D eigenvalue weighted by Gasteiger charge is -2.24. The van der Waals surface area contributed by atoms with Crippen molar-refractivity contribution < 1.29 is 29.4 Å². The molecule has 0 aliphatic heterocycles. The second-order valence-electron chi connectivity index (χ2n) is 10.0. The number of aromatic nitrogens is 3. The molecule has 0 radical (unpaired) electrons. The number of phenolic OH excluding ortho intramolecular Hbond substituents is 1.